The number of sulfonamides is 1. The third kappa shape index (κ3) is 4.06. The van der Waals surface area contributed by atoms with E-state index in [1.165, 1.54) is 0 Å². The average molecular weight is 274 g/mol. The van der Waals surface area contributed by atoms with Gasteiger partial charge in [-0.1, -0.05) is 6.07 Å². The fraction of sp³-hybridized carbons (Fsp3) is 0.636. The van der Waals surface area contributed by atoms with Crippen molar-refractivity contribution in [3.63, 3.8) is 0 Å². The van der Waals surface area contributed by atoms with Crippen LogP contribution in [0.15, 0.2) is 17.5 Å². The standard InChI is InChI=1S/C11H18N2O2S2/c12-8-11(9-3-4-9)13-17(14,15)7-5-10-2-1-6-16-10/h1-2,6,9,11,13H,3-5,7-8,12H2. The summed E-state index contributed by atoms with van der Waals surface area (Å²) in [6.45, 7) is 0.392. The second kappa shape index (κ2) is 5.48. The molecule has 3 N–H and O–H groups in total. The second-order valence-corrected chi connectivity index (χ2v) is 7.35. The second-order valence-electron chi connectivity index (χ2n) is 4.45. The predicted octanol–water partition coefficient (Wildman–Crippen LogP) is 0.947. The van der Waals surface area contributed by atoms with Crippen LogP contribution in [-0.4, -0.2) is 26.8 Å². The highest BCUT2D eigenvalue weighted by atomic mass is 32.2. The first kappa shape index (κ1) is 13.0. The Balaban J connectivity index is 1.85. The van der Waals surface area contributed by atoms with Gasteiger partial charge in [0.15, 0.2) is 0 Å². The molecule has 0 spiro atoms. The zero-order valence-electron chi connectivity index (χ0n) is 9.63. The zero-order chi connectivity index (χ0) is 12.3. The number of nitrogens with one attached hydrogen (secondary N) is 1. The van der Waals surface area contributed by atoms with E-state index >= 15 is 0 Å². The zero-order valence-corrected chi connectivity index (χ0v) is 11.3. The summed E-state index contributed by atoms with van der Waals surface area (Å²) in [6, 6.07) is 3.83. The number of hydrogen-bond acceptors (Lipinski definition) is 4. The summed E-state index contributed by atoms with van der Waals surface area (Å²) in [5.41, 5.74) is 5.59. The van der Waals surface area contributed by atoms with Crippen LogP contribution in [0.25, 0.3) is 0 Å². The number of nitrogens with two attached hydrogens (primary N) is 1. The molecule has 0 amide bonds. The van der Waals surface area contributed by atoms with Gasteiger partial charge in [-0.15, -0.1) is 11.3 Å². The lowest BCUT2D eigenvalue weighted by atomic mass is 10.2. The minimum Gasteiger partial charge on any atom is -0.329 e. The predicted molar refractivity (Wildman–Crippen MR) is 70.5 cm³/mol. The fourth-order valence-electron chi connectivity index (χ4n) is 1.81. The van der Waals surface area contributed by atoms with Crippen molar-refractivity contribution in [3.05, 3.63) is 22.4 Å². The average Bonchev–Trinajstić information content (AvgIpc) is 3.00. The molecule has 6 heteroatoms. The molecule has 1 unspecified atom stereocenters. The third-order valence-electron chi connectivity index (χ3n) is 2.97. The number of aryl methyl sites for hydroxylation is 1. The molecular weight excluding hydrogens is 256 g/mol. The van der Waals surface area contributed by atoms with E-state index < -0.39 is 10.0 Å². The van der Waals surface area contributed by atoms with Crippen LogP contribution in [-0.2, 0) is 16.4 Å². The van der Waals surface area contributed by atoms with Gasteiger partial charge in [0.05, 0.1) is 5.75 Å². The molecule has 1 aromatic heterocycles. The van der Waals surface area contributed by atoms with E-state index in [4.69, 9.17) is 5.73 Å². The van der Waals surface area contributed by atoms with Gasteiger partial charge in [-0.05, 0) is 36.6 Å². The van der Waals surface area contributed by atoms with Gasteiger partial charge < -0.3 is 5.73 Å². The van der Waals surface area contributed by atoms with Gasteiger partial charge in [-0.3, -0.25) is 0 Å². The topological polar surface area (TPSA) is 72.2 Å². The molecule has 1 aliphatic carbocycles. The Morgan fingerprint density at radius 2 is 2.29 bits per heavy atom. The van der Waals surface area contributed by atoms with E-state index in [1.807, 2.05) is 17.5 Å². The van der Waals surface area contributed by atoms with Crippen molar-refractivity contribution < 1.29 is 8.42 Å². The molecule has 1 aliphatic rings. The first-order chi connectivity index (χ1) is 8.11. The quantitative estimate of drug-likeness (QED) is 0.777. The van der Waals surface area contributed by atoms with Crippen LogP contribution in [0, 0.1) is 5.92 Å². The summed E-state index contributed by atoms with van der Waals surface area (Å²) in [6.07, 6.45) is 2.76. The van der Waals surface area contributed by atoms with Crippen molar-refractivity contribution >= 4 is 21.4 Å². The molecule has 0 aliphatic heterocycles. The minimum atomic E-state index is -3.20. The van der Waals surface area contributed by atoms with E-state index in [1.54, 1.807) is 11.3 Å². The molecule has 4 nitrogen and oxygen atoms in total. The minimum absolute atomic E-state index is 0.0664. The number of rotatable bonds is 7. The molecule has 96 valence electrons. The Morgan fingerprint density at radius 3 is 2.82 bits per heavy atom. The van der Waals surface area contributed by atoms with Crippen LogP contribution >= 0.6 is 11.3 Å². The Hall–Kier alpha value is -0.430. The van der Waals surface area contributed by atoms with Crippen molar-refractivity contribution in [2.75, 3.05) is 12.3 Å². The summed E-state index contributed by atoms with van der Waals surface area (Å²) in [5, 5.41) is 1.96. The van der Waals surface area contributed by atoms with Gasteiger partial charge in [-0.25, -0.2) is 13.1 Å². The van der Waals surface area contributed by atoms with E-state index in [9.17, 15) is 8.42 Å². The lowest BCUT2D eigenvalue weighted by molar-refractivity contribution is 0.519. The lowest BCUT2D eigenvalue weighted by Gasteiger charge is -2.15. The maximum atomic E-state index is 11.9. The van der Waals surface area contributed by atoms with Crippen LogP contribution in [0.5, 0.6) is 0 Å². The van der Waals surface area contributed by atoms with Gasteiger partial charge >= 0.3 is 0 Å². The Bertz CT molecular complexity index is 438. The molecule has 1 heterocycles. The van der Waals surface area contributed by atoms with Crippen molar-refractivity contribution in [2.45, 2.75) is 25.3 Å². The third-order valence-corrected chi connectivity index (χ3v) is 5.31. The first-order valence-corrected chi connectivity index (χ1v) is 8.36. The maximum Gasteiger partial charge on any atom is 0.212 e. The molecule has 17 heavy (non-hydrogen) atoms. The summed E-state index contributed by atoms with van der Waals surface area (Å²) in [4.78, 5) is 1.10. The van der Waals surface area contributed by atoms with E-state index in [0.717, 1.165) is 17.7 Å². The smallest absolute Gasteiger partial charge is 0.212 e. The SMILES string of the molecule is NCC(NS(=O)(=O)CCc1cccs1)C1CC1. The summed E-state index contributed by atoms with van der Waals surface area (Å²) in [5.74, 6) is 0.605. The molecule has 1 fully saturated rings. The van der Waals surface area contributed by atoms with Crippen LogP contribution in [0.1, 0.15) is 17.7 Å². The van der Waals surface area contributed by atoms with E-state index in [0.29, 0.717) is 18.9 Å². The monoisotopic (exact) mass is 274 g/mol. The highest BCUT2D eigenvalue weighted by Gasteiger charge is 2.32. The molecular formula is C11H18N2O2S2. The number of hydrogen-bond donors (Lipinski definition) is 2. The summed E-state index contributed by atoms with van der Waals surface area (Å²) in [7, 11) is -3.20. The molecule has 1 aromatic rings. The van der Waals surface area contributed by atoms with Gasteiger partial charge in [0.25, 0.3) is 0 Å². The van der Waals surface area contributed by atoms with Crippen molar-refractivity contribution in [2.24, 2.45) is 11.7 Å². The largest absolute Gasteiger partial charge is 0.329 e. The normalized spacial score (nSPS) is 18.2. The Kier molecular flexibility index (Phi) is 4.19. The maximum absolute atomic E-state index is 11.9. The molecule has 0 aromatic carbocycles. The first-order valence-electron chi connectivity index (χ1n) is 5.83. The molecule has 0 bridgehead atoms. The van der Waals surface area contributed by atoms with Crippen molar-refractivity contribution in [1.82, 2.24) is 4.72 Å². The van der Waals surface area contributed by atoms with E-state index in [-0.39, 0.29) is 11.8 Å². The van der Waals surface area contributed by atoms with Crippen LogP contribution in [0.2, 0.25) is 0 Å². The van der Waals surface area contributed by atoms with Crippen molar-refractivity contribution in [1.29, 1.82) is 0 Å². The fourth-order valence-corrected chi connectivity index (χ4v) is 4.01. The highest BCUT2D eigenvalue weighted by Crippen LogP contribution is 2.32. The van der Waals surface area contributed by atoms with Gasteiger partial charge in [0.2, 0.25) is 10.0 Å². The van der Waals surface area contributed by atoms with Crippen LogP contribution in [0.4, 0.5) is 0 Å². The van der Waals surface area contributed by atoms with Gasteiger partial charge in [0, 0.05) is 17.5 Å². The van der Waals surface area contributed by atoms with Crippen LogP contribution < -0.4 is 10.5 Å². The van der Waals surface area contributed by atoms with Crippen LogP contribution in [0.3, 0.4) is 0 Å². The summed E-state index contributed by atoms with van der Waals surface area (Å²) < 4.78 is 26.4. The molecule has 2 rings (SSSR count). The van der Waals surface area contributed by atoms with Crippen molar-refractivity contribution in [3.8, 4) is 0 Å². The summed E-state index contributed by atoms with van der Waals surface area (Å²) >= 11 is 1.59. The lowest BCUT2D eigenvalue weighted by Crippen LogP contribution is -2.42. The highest BCUT2D eigenvalue weighted by molar-refractivity contribution is 7.89. The Morgan fingerprint density at radius 1 is 1.53 bits per heavy atom. The molecule has 0 saturated heterocycles. The molecule has 0 radical (unpaired) electrons. The number of thiophene rings is 1. The van der Waals surface area contributed by atoms with E-state index in [2.05, 4.69) is 4.72 Å². The van der Waals surface area contributed by atoms with Gasteiger partial charge in [0.1, 0.15) is 0 Å². The Labute approximate surface area is 106 Å². The molecule has 1 saturated carbocycles. The van der Waals surface area contributed by atoms with Gasteiger partial charge in [-0.2, -0.15) is 0 Å². The molecule has 1 atom stereocenters.